The summed E-state index contributed by atoms with van der Waals surface area (Å²) >= 11 is 0. The van der Waals surface area contributed by atoms with Crippen molar-refractivity contribution in [1.29, 1.82) is 0 Å². The van der Waals surface area contributed by atoms with Crippen LogP contribution < -0.4 is 15.8 Å². The summed E-state index contributed by atoms with van der Waals surface area (Å²) in [5.41, 5.74) is 8.34. The van der Waals surface area contributed by atoms with Gasteiger partial charge in [-0.2, -0.15) is 0 Å². The number of halogens is 1. The molecule has 0 spiro atoms. The van der Waals surface area contributed by atoms with E-state index < -0.39 is 15.9 Å². The van der Waals surface area contributed by atoms with Gasteiger partial charge in [0, 0.05) is 18.0 Å². The Morgan fingerprint density at radius 2 is 1.85 bits per heavy atom. The smallest absolute Gasteiger partial charge is 0.245 e. The van der Waals surface area contributed by atoms with Gasteiger partial charge in [-0.05, 0) is 24.6 Å². The van der Waals surface area contributed by atoms with E-state index in [1.54, 1.807) is 24.3 Å². The van der Waals surface area contributed by atoms with Crippen molar-refractivity contribution >= 4 is 33.8 Å². The Bertz CT molecular complexity index is 839. The molecule has 1 amide bonds. The third-order valence-corrected chi connectivity index (χ3v) is 4.45. The number of rotatable bonds is 7. The number of carbonyl (C=O) groups is 1. The van der Waals surface area contributed by atoms with Crippen molar-refractivity contribution in [1.82, 2.24) is 0 Å². The molecule has 26 heavy (non-hydrogen) atoms. The summed E-state index contributed by atoms with van der Waals surface area (Å²) in [4.78, 5) is 12.3. The van der Waals surface area contributed by atoms with Gasteiger partial charge in [0.2, 0.25) is 5.91 Å². The van der Waals surface area contributed by atoms with E-state index in [2.05, 4.69) is 5.32 Å². The largest absolute Gasteiger partial charge is 0.492 e. The summed E-state index contributed by atoms with van der Waals surface area (Å²) < 4.78 is 27.6. The van der Waals surface area contributed by atoms with Gasteiger partial charge >= 0.3 is 0 Å². The SMILES string of the molecule is Cc1ccc(C(N)C(=O)Nc2cccc(OCCS(C)(=O)=O)c2)cc1.Cl. The lowest BCUT2D eigenvalue weighted by Crippen LogP contribution is -2.27. The molecule has 3 N–H and O–H groups in total. The van der Waals surface area contributed by atoms with Gasteiger partial charge in [0.05, 0.1) is 5.75 Å². The van der Waals surface area contributed by atoms with Crippen LogP contribution in [0.4, 0.5) is 5.69 Å². The van der Waals surface area contributed by atoms with E-state index in [0.717, 1.165) is 17.4 Å². The third-order valence-electron chi connectivity index (χ3n) is 3.54. The number of aryl methyl sites for hydroxylation is 1. The van der Waals surface area contributed by atoms with Crippen molar-refractivity contribution in [3.8, 4) is 5.75 Å². The molecule has 2 rings (SSSR count). The first-order valence-corrected chi connectivity index (χ1v) is 9.84. The number of benzene rings is 2. The van der Waals surface area contributed by atoms with Crippen molar-refractivity contribution in [3.63, 3.8) is 0 Å². The summed E-state index contributed by atoms with van der Waals surface area (Å²) in [5, 5.41) is 2.74. The summed E-state index contributed by atoms with van der Waals surface area (Å²) in [7, 11) is -3.08. The predicted molar refractivity (Wildman–Crippen MR) is 106 cm³/mol. The molecule has 8 heteroatoms. The van der Waals surface area contributed by atoms with Gasteiger partial charge in [-0.1, -0.05) is 35.9 Å². The van der Waals surface area contributed by atoms with Crippen LogP contribution in [0.5, 0.6) is 5.75 Å². The molecule has 0 aliphatic carbocycles. The van der Waals surface area contributed by atoms with Crippen LogP contribution in [0.15, 0.2) is 48.5 Å². The second-order valence-electron chi connectivity index (χ2n) is 5.88. The molecule has 0 aliphatic heterocycles. The zero-order valence-electron chi connectivity index (χ0n) is 14.6. The van der Waals surface area contributed by atoms with Crippen LogP contribution in [-0.4, -0.2) is 32.9 Å². The first-order chi connectivity index (χ1) is 11.7. The molecule has 2 aromatic rings. The molecule has 142 valence electrons. The molecular formula is C18H23ClN2O4S. The molecular weight excluding hydrogens is 376 g/mol. The fourth-order valence-corrected chi connectivity index (χ4v) is 2.51. The molecule has 1 atom stereocenters. The lowest BCUT2D eigenvalue weighted by molar-refractivity contribution is -0.117. The highest BCUT2D eigenvalue weighted by molar-refractivity contribution is 7.90. The molecule has 0 bridgehead atoms. The van der Waals surface area contributed by atoms with Crippen LogP contribution in [0, 0.1) is 6.92 Å². The van der Waals surface area contributed by atoms with E-state index in [4.69, 9.17) is 10.5 Å². The van der Waals surface area contributed by atoms with Crippen LogP contribution >= 0.6 is 12.4 Å². The zero-order valence-corrected chi connectivity index (χ0v) is 16.3. The molecule has 0 radical (unpaired) electrons. The number of amides is 1. The van der Waals surface area contributed by atoms with Gasteiger partial charge in [-0.15, -0.1) is 12.4 Å². The number of hydrogen-bond donors (Lipinski definition) is 2. The quantitative estimate of drug-likeness (QED) is 0.746. The van der Waals surface area contributed by atoms with Gasteiger partial charge in [0.1, 0.15) is 18.4 Å². The fraction of sp³-hybridized carbons (Fsp3) is 0.278. The molecule has 6 nitrogen and oxygen atoms in total. The van der Waals surface area contributed by atoms with Gasteiger partial charge in [0.25, 0.3) is 0 Å². The maximum atomic E-state index is 12.3. The van der Waals surface area contributed by atoms with E-state index in [9.17, 15) is 13.2 Å². The van der Waals surface area contributed by atoms with Crippen molar-refractivity contribution in [3.05, 3.63) is 59.7 Å². The molecule has 2 aromatic carbocycles. The highest BCUT2D eigenvalue weighted by Gasteiger charge is 2.16. The Labute approximate surface area is 160 Å². The van der Waals surface area contributed by atoms with Gasteiger partial charge < -0.3 is 15.8 Å². The van der Waals surface area contributed by atoms with Crippen LogP contribution in [0.25, 0.3) is 0 Å². The Balaban J connectivity index is 0.00000338. The second-order valence-corrected chi connectivity index (χ2v) is 8.14. The lowest BCUT2D eigenvalue weighted by Gasteiger charge is -2.14. The topological polar surface area (TPSA) is 98.5 Å². The minimum Gasteiger partial charge on any atom is -0.492 e. The first kappa shape index (κ1) is 22.0. The standard InChI is InChI=1S/C18H22N2O4S.ClH/c1-13-6-8-14(9-7-13)17(19)18(21)20-15-4-3-5-16(12-15)24-10-11-25(2,22)23;/h3-9,12,17H,10-11,19H2,1-2H3,(H,20,21);1H. The number of anilines is 1. The van der Waals surface area contributed by atoms with Crippen LogP contribution in [-0.2, 0) is 14.6 Å². The minimum absolute atomic E-state index is 0. The number of nitrogens with one attached hydrogen (secondary N) is 1. The van der Waals surface area contributed by atoms with Crippen molar-refractivity contribution in [2.24, 2.45) is 5.73 Å². The lowest BCUT2D eigenvalue weighted by atomic mass is 10.1. The Morgan fingerprint density at radius 1 is 1.19 bits per heavy atom. The summed E-state index contributed by atoms with van der Waals surface area (Å²) in [6.45, 7) is 2.02. The van der Waals surface area contributed by atoms with E-state index >= 15 is 0 Å². The van der Waals surface area contributed by atoms with Crippen LogP contribution in [0.3, 0.4) is 0 Å². The van der Waals surface area contributed by atoms with E-state index in [0.29, 0.717) is 11.4 Å². The molecule has 0 aromatic heterocycles. The highest BCUT2D eigenvalue weighted by atomic mass is 35.5. The molecule has 0 heterocycles. The highest BCUT2D eigenvalue weighted by Crippen LogP contribution is 2.19. The van der Waals surface area contributed by atoms with E-state index in [1.807, 2.05) is 31.2 Å². The van der Waals surface area contributed by atoms with Crippen LogP contribution in [0.1, 0.15) is 17.2 Å². The molecule has 0 aliphatic rings. The summed E-state index contributed by atoms with van der Waals surface area (Å²) in [5.74, 6) is 0.0736. The van der Waals surface area contributed by atoms with Gasteiger partial charge in [0.15, 0.2) is 9.84 Å². The van der Waals surface area contributed by atoms with Gasteiger partial charge in [-0.3, -0.25) is 4.79 Å². The number of hydrogen-bond acceptors (Lipinski definition) is 5. The Hall–Kier alpha value is -2.09. The predicted octanol–water partition coefficient (Wildman–Crippen LogP) is 2.48. The summed E-state index contributed by atoms with van der Waals surface area (Å²) in [6, 6.07) is 13.4. The number of carbonyl (C=O) groups excluding carboxylic acids is 1. The maximum absolute atomic E-state index is 12.3. The maximum Gasteiger partial charge on any atom is 0.245 e. The van der Waals surface area contributed by atoms with Crippen molar-refractivity contribution in [2.75, 3.05) is 23.9 Å². The zero-order chi connectivity index (χ0) is 18.4. The van der Waals surface area contributed by atoms with Gasteiger partial charge in [-0.25, -0.2) is 8.42 Å². The number of nitrogens with two attached hydrogens (primary N) is 1. The van der Waals surface area contributed by atoms with Crippen molar-refractivity contribution in [2.45, 2.75) is 13.0 Å². The third kappa shape index (κ3) is 7.03. The second kappa shape index (κ2) is 9.56. The molecule has 1 unspecified atom stereocenters. The minimum atomic E-state index is -3.08. The Kier molecular flexibility index (Phi) is 8.08. The van der Waals surface area contributed by atoms with E-state index in [-0.39, 0.29) is 30.7 Å². The van der Waals surface area contributed by atoms with Crippen molar-refractivity contribution < 1.29 is 17.9 Å². The molecule has 0 fully saturated rings. The summed E-state index contributed by atoms with van der Waals surface area (Å²) in [6.07, 6.45) is 1.15. The number of sulfone groups is 1. The molecule has 0 saturated heterocycles. The normalized spacial score (nSPS) is 12.0. The average molecular weight is 399 g/mol. The first-order valence-electron chi connectivity index (χ1n) is 7.78. The van der Waals surface area contributed by atoms with Crippen LogP contribution in [0.2, 0.25) is 0 Å². The average Bonchev–Trinajstić information content (AvgIpc) is 2.54. The monoisotopic (exact) mass is 398 g/mol. The Morgan fingerprint density at radius 3 is 2.46 bits per heavy atom. The van der Waals surface area contributed by atoms with E-state index in [1.165, 1.54) is 0 Å². The number of ether oxygens (including phenoxy) is 1. The fourth-order valence-electron chi connectivity index (χ4n) is 2.12. The molecule has 0 saturated carbocycles.